The molecule has 0 bridgehead atoms. The molecule has 1 aliphatic heterocycles. The summed E-state index contributed by atoms with van der Waals surface area (Å²) in [5.74, 6) is 0.677. The first kappa shape index (κ1) is 17.5. The van der Waals surface area contributed by atoms with Gasteiger partial charge in [-0.25, -0.2) is 0 Å². The van der Waals surface area contributed by atoms with Crippen molar-refractivity contribution in [2.75, 3.05) is 26.2 Å². The molecule has 0 radical (unpaired) electrons. The molecule has 1 N–H and O–H groups in total. The van der Waals surface area contributed by atoms with Crippen LogP contribution in [0.15, 0.2) is 54.6 Å². The zero-order chi connectivity index (χ0) is 17.5. The molecule has 0 aliphatic carbocycles. The molecule has 3 rings (SSSR count). The van der Waals surface area contributed by atoms with Crippen LogP contribution in [0.2, 0.25) is 0 Å². The van der Waals surface area contributed by atoms with Crippen LogP contribution in [-0.2, 0) is 0 Å². The molecule has 0 spiro atoms. The van der Waals surface area contributed by atoms with E-state index in [9.17, 15) is 4.79 Å². The number of hydrogen-bond donors (Lipinski definition) is 1. The van der Waals surface area contributed by atoms with Gasteiger partial charge >= 0.3 is 0 Å². The normalized spacial score (nSPS) is 15.7. The molecule has 4 nitrogen and oxygen atoms in total. The number of nitrogens with zero attached hydrogens (tertiary/aromatic N) is 1. The number of hydrogen-bond acceptors (Lipinski definition) is 3. The van der Waals surface area contributed by atoms with E-state index in [0.29, 0.717) is 18.7 Å². The molecular weight excluding hydrogens is 312 g/mol. The summed E-state index contributed by atoms with van der Waals surface area (Å²) in [6.45, 7) is 5.33. The second-order valence-corrected chi connectivity index (χ2v) is 6.34. The van der Waals surface area contributed by atoms with Crippen LogP contribution in [0.3, 0.4) is 0 Å². The highest BCUT2D eigenvalue weighted by molar-refractivity contribution is 5.94. The summed E-state index contributed by atoms with van der Waals surface area (Å²) >= 11 is 0. The Morgan fingerprint density at radius 2 is 1.88 bits per heavy atom. The third-order valence-electron chi connectivity index (χ3n) is 4.63. The summed E-state index contributed by atoms with van der Waals surface area (Å²) in [5, 5.41) is 3.11. The highest BCUT2D eigenvalue weighted by atomic mass is 16.5. The summed E-state index contributed by atoms with van der Waals surface area (Å²) in [6.07, 6.45) is 2.46. The third-order valence-corrected chi connectivity index (χ3v) is 4.63. The fourth-order valence-electron chi connectivity index (χ4n) is 3.37. The van der Waals surface area contributed by atoms with Crippen LogP contribution in [0.5, 0.6) is 5.75 Å². The van der Waals surface area contributed by atoms with Gasteiger partial charge in [-0.2, -0.15) is 0 Å². The van der Waals surface area contributed by atoms with Crippen molar-refractivity contribution in [2.45, 2.75) is 25.8 Å². The van der Waals surface area contributed by atoms with Gasteiger partial charge in [0.1, 0.15) is 5.75 Å². The molecule has 1 atom stereocenters. The molecule has 0 aromatic heterocycles. The molecule has 0 saturated carbocycles. The summed E-state index contributed by atoms with van der Waals surface area (Å²) < 4.78 is 5.48. The van der Waals surface area contributed by atoms with Crippen molar-refractivity contribution >= 4 is 5.91 Å². The van der Waals surface area contributed by atoms with Crippen LogP contribution in [0.4, 0.5) is 0 Å². The molecular formula is C21H26N2O2. The van der Waals surface area contributed by atoms with Gasteiger partial charge in [0.2, 0.25) is 0 Å². The minimum atomic E-state index is -0.0540. The highest BCUT2D eigenvalue weighted by Gasteiger charge is 2.24. The molecule has 1 aliphatic rings. The lowest BCUT2D eigenvalue weighted by Crippen LogP contribution is -2.36. The van der Waals surface area contributed by atoms with Crippen molar-refractivity contribution in [3.05, 3.63) is 65.7 Å². The Balaban J connectivity index is 1.68. The summed E-state index contributed by atoms with van der Waals surface area (Å²) in [6, 6.07) is 18.0. The van der Waals surface area contributed by atoms with Gasteiger partial charge < -0.3 is 10.1 Å². The Morgan fingerprint density at radius 3 is 2.60 bits per heavy atom. The van der Waals surface area contributed by atoms with Crippen molar-refractivity contribution in [3.63, 3.8) is 0 Å². The van der Waals surface area contributed by atoms with Gasteiger partial charge in [0.15, 0.2) is 0 Å². The van der Waals surface area contributed by atoms with Gasteiger partial charge in [0.25, 0.3) is 5.91 Å². The van der Waals surface area contributed by atoms with E-state index in [-0.39, 0.29) is 11.9 Å². The van der Waals surface area contributed by atoms with E-state index in [1.807, 2.05) is 31.2 Å². The van der Waals surface area contributed by atoms with E-state index >= 15 is 0 Å². The lowest BCUT2D eigenvalue weighted by Gasteiger charge is -2.28. The van der Waals surface area contributed by atoms with Gasteiger partial charge in [-0.1, -0.05) is 36.4 Å². The maximum Gasteiger partial charge on any atom is 0.251 e. The molecule has 1 saturated heterocycles. The number of rotatable bonds is 7. The van der Waals surface area contributed by atoms with Gasteiger partial charge in [-0.05, 0) is 56.6 Å². The van der Waals surface area contributed by atoms with E-state index in [1.54, 1.807) is 6.07 Å². The number of ether oxygens (including phenoxy) is 1. The van der Waals surface area contributed by atoms with Crippen LogP contribution in [-0.4, -0.2) is 37.0 Å². The van der Waals surface area contributed by atoms with Crippen molar-refractivity contribution in [1.82, 2.24) is 10.2 Å². The van der Waals surface area contributed by atoms with E-state index in [4.69, 9.17) is 4.74 Å². The Bertz CT molecular complexity index is 681. The average Bonchev–Trinajstić information content (AvgIpc) is 3.18. The predicted molar refractivity (Wildman–Crippen MR) is 99.9 cm³/mol. The van der Waals surface area contributed by atoms with Gasteiger partial charge in [0.05, 0.1) is 12.6 Å². The number of nitrogens with one attached hydrogen (secondary N) is 1. The van der Waals surface area contributed by atoms with Crippen LogP contribution in [0.25, 0.3) is 0 Å². The van der Waals surface area contributed by atoms with Crippen LogP contribution >= 0.6 is 0 Å². The summed E-state index contributed by atoms with van der Waals surface area (Å²) in [4.78, 5) is 15.0. The smallest absolute Gasteiger partial charge is 0.251 e. The fourth-order valence-corrected chi connectivity index (χ4v) is 3.37. The first-order chi connectivity index (χ1) is 12.3. The number of amides is 1. The monoisotopic (exact) mass is 338 g/mol. The molecule has 1 fully saturated rings. The Morgan fingerprint density at radius 1 is 1.12 bits per heavy atom. The Labute approximate surface area is 149 Å². The third kappa shape index (κ3) is 4.60. The highest BCUT2D eigenvalue weighted by Crippen LogP contribution is 2.24. The molecule has 1 heterocycles. The molecule has 132 valence electrons. The zero-order valence-corrected chi connectivity index (χ0v) is 14.8. The zero-order valence-electron chi connectivity index (χ0n) is 14.8. The quantitative estimate of drug-likeness (QED) is 0.838. The topological polar surface area (TPSA) is 41.6 Å². The lowest BCUT2D eigenvalue weighted by atomic mass is 10.1. The van der Waals surface area contributed by atoms with Gasteiger partial charge in [-0.3, -0.25) is 9.69 Å². The SMILES string of the molecule is CCOc1cccc(C(=O)NC[C@@H](c2ccccc2)N2CCCC2)c1. The first-order valence-corrected chi connectivity index (χ1v) is 9.08. The van der Waals surface area contributed by atoms with Gasteiger partial charge in [0, 0.05) is 12.1 Å². The first-order valence-electron chi connectivity index (χ1n) is 9.08. The van der Waals surface area contributed by atoms with E-state index in [1.165, 1.54) is 18.4 Å². The number of carbonyl (C=O) groups is 1. The Hall–Kier alpha value is -2.33. The molecule has 0 unspecified atom stereocenters. The fraction of sp³-hybridized carbons (Fsp3) is 0.381. The largest absolute Gasteiger partial charge is 0.494 e. The minimum Gasteiger partial charge on any atom is -0.494 e. The predicted octanol–water partition coefficient (Wildman–Crippen LogP) is 3.65. The number of carbonyl (C=O) groups excluding carboxylic acids is 1. The maximum absolute atomic E-state index is 12.6. The van der Waals surface area contributed by atoms with Gasteiger partial charge in [-0.15, -0.1) is 0 Å². The minimum absolute atomic E-state index is 0.0540. The molecule has 1 amide bonds. The van der Waals surface area contributed by atoms with Crippen molar-refractivity contribution in [3.8, 4) is 5.75 Å². The van der Waals surface area contributed by atoms with E-state index in [2.05, 4.69) is 34.5 Å². The standard InChI is InChI=1S/C21H26N2O2/c1-2-25-19-12-8-11-18(15-19)21(24)22-16-20(23-13-6-7-14-23)17-9-4-3-5-10-17/h3-5,8-12,15,20H,2,6-7,13-14,16H2,1H3,(H,22,24)/t20-/m0/s1. The molecule has 4 heteroatoms. The second kappa shape index (κ2) is 8.67. The summed E-state index contributed by atoms with van der Waals surface area (Å²) in [7, 11) is 0. The average molecular weight is 338 g/mol. The molecule has 25 heavy (non-hydrogen) atoms. The number of benzene rings is 2. The summed E-state index contributed by atoms with van der Waals surface area (Å²) in [5.41, 5.74) is 1.90. The number of likely N-dealkylation sites (tertiary alicyclic amines) is 1. The van der Waals surface area contributed by atoms with Crippen molar-refractivity contribution in [1.29, 1.82) is 0 Å². The van der Waals surface area contributed by atoms with E-state index in [0.717, 1.165) is 18.8 Å². The van der Waals surface area contributed by atoms with Crippen molar-refractivity contribution < 1.29 is 9.53 Å². The van der Waals surface area contributed by atoms with Crippen molar-refractivity contribution in [2.24, 2.45) is 0 Å². The van der Waals surface area contributed by atoms with Crippen LogP contribution in [0.1, 0.15) is 41.7 Å². The van der Waals surface area contributed by atoms with Crippen LogP contribution in [0, 0.1) is 0 Å². The lowest BCUT2D eigenvalue weighted by molar-refractivity contribution is 0.0937. The van der Waals surface area contributed by atoms with E-state index < -0.39 is 0 Å². The molecule has 2 aromatic rings. The molecule has 2 aromatic carbocycles. The van der Waals surface area contributed by atoms with Crippen LogP contribution < -0.4 is 10.1 Å². The Kier molecular flexibility index (Phi) is 6.07. The second-order valence-electron chi connectivity index (χ2n) is 6.34. The maximum atomic E-state index is 12.6.